The number of nitrogens with one attached hydrogen (secondary N) is 1. The Morgan fingerprint density at radius 3 is 2.32 bits per heavy atom. The third kappa shape index (κ3) is 5.22. The number of hydrogen-bond donors (Lipinski definition) is 1. The van der Waals surface area contributed by atoms with Gasteiger partial charge in [0.15, 0.2) is 0 Å². The first kappa shape index (κ1) is 18.8. The minimum atomic E-state index is -3.38. The SMILES string of the molecule is CC(C)Oc1ccc(NC(=O)c2cccc(N(C)S(C)(=O)=O)c2)cc1. The number of benzene rings is 2. The second-order valence-electron chi connectivity index (χ2n) is 5.93. The topological polar surface area (TPSA) is 75.7 Å². The molecule has 25 heavy (non-hydrogen) atoms. The molecule has 0 saturated carbocycles. The van der Waals surface area contributed by atoms with Crippen LogP contribution in [0.2, 0.25) is 0 Å². The Morgan fingerprint density at radius 2 is 1.76 bits per heavy atom. The fourth-order valence-corrected chi connectivity index (χ4v) is 2.62. The molecule has 1 amide bonds. The van der Waals surface area contributed by atoms with E-state index in [9.17, 15) is 13.2 Å². The molecule has 0 atom stereocenters. The van der Waals surface area contributed by atoms with Crippen molar-refractivity contribution >= 4 is 27.3 Å². The molecule has 0 radical (unpaired) electrons. The first-order valence-electron chi connectivity index (χ1n) is 7.79. The van der Waals surface area contributed by atoms with Crippen LogP contribution in [0.15, 0.2) is 48.5 Å². The van der Waals surface area contributed by atoms with Gasteiger partial charge in [-0.15, -0.1) is 0 Å². The van der Waals surface area contributed by atoms with Crippen molar-refractivity contribution in [1.82, 2.24) is 0 Å². The monoisotopic (exact) mass is 362 g/mol. The summed E-state index contributed by atoms with van der Waals surface area (Å²) in [6, 6.07) is 13.5. The number of ether oxygens (including phenoxy) is 1. The highest BCUT2D eigenvalue weighted by Gasteiger charge is 2.14. The van der Waals surface area contributed by atoms with Crippen LogP contribution >= 0.6 is 0 Å². The lowest BCUT2D eigenvalue weighted by molar-refractivity contribution is 0.102. The van der Waals surface area contributed by atoms with E-state index in [1.807, 2.05) is 13.8 Å². The number of sulfonamides is 1. The number of amides is 1. The zero-order chi connectivity index (χ0) is 18.6. The highest BCUT2D eigenvalue weighted by atomic mass is 32.2. The Kier molecular flexibility index (Phi) is 5.69. The second kappa shape index (κ2) is 7.57. The van der Waals surface area contributed by atoms with Gasteiger partial charge < -0.3 is 10.1 Å². The smallest absolute Gasteiger partial charge is 0.255 e. The lowest BCUT2D eigenvalue weighted by Gasteiger charge is -2.17. The average Bonchev–Trinajstić information content (AvgIpc) is 2.54. The summed E-state index contributed by atoms with van der Waals surface area (Å²) in [6.45, 7) is 3.88. The van der Waals surface area contributed by atoms with E-state index in [0.29, 0.717) is 16.9 Å². The summed E-state index contributed by atoms with van der Waals surface area (Å²) in [5.74, 6) is 0.408. The molecule has 0 unspecified atom stereocenters. The van der Waals surface area contributed by atoms with Gasteiger partial charge in [0, 0.05) is 18.3 Å². The summed E-state index contributed by atoms with van der Waals surface area (Å²) in [5.41, 5.74) is 1.43. The van der Waals surface area contributed by atoms with E-state index in [4.69, 9.17) is 4.74 Å². The van der Waals surface area contributed by atoms with Crippen molar-refractivity contribution < 1.29 is 17.9 Å². The summed E-state index contributed by atoms with van der Waals surface area (Å²) >= 11 is 0. The number of carbonyl (C=O) groups is 1. The molecule has 0 heterocycles. The van der Waals surface area contributed by atoms with E-state index < -0.39 is 10.0 Å². The molecular formula is C18H22N2O4S. The molecule has 2 rings (SSSR count). The van der Waals surface area contributed by atoms with Crippen LogP contribution in [-0.2, 0) is 10.0 Å². The van der Waals surface area contributed by atoms with Gasteiger partial charge in [-0.25, -0.2) is 8.42 Å². The fourth-order valence-electron chi connectivity index (χ4n) is 2.13. The largest absolute Gasteiger partial charge is 0.491 e. The summed E-state index contributed by atoms with van der Waals surface area (Å²) in [4.78, 5) is 12.4. The molecule has 1 N–H and O–H groups in total. The van der Waals surface area contributed by atoms with Gasteiger partial charge in [0.05, 0.1) is 18.0 Å². The van der Waals surface area contributed by atoms with E-state index >= 15 is 0 Å². The summed E-state index contributed by atoms with van der Waals surface area (Å²) in [5, 5.41) is 2.78. The molecule has 7 heteroatoms. The maximum atomic E-state index is 12.4. The van der Waals surface area contributed by atoms with Crippen LogP contribution in [0, 0.1) is 0 Å². The predicted molar refractivity (Wildman–Crippen MR) is 99.8 cm³/mol. The fraction of sp³-hybridized carbons (Fsp3) is 0.278. The second-order valence-corrected chi connectivity index (χ2v) is 7.94. The first-order chi connectivity index (χ1) is 11.7. The third-order valence-electron chi connectivity index (χ3n) is 3.45. The Hall–Kier alpha value is -2.54. The third-order valence-corrected chi connectivity index (χ3v) is 4.66. The van der Waals surface area contributed by atoms with Gasteiger partial charge >= 0.3 is 0 Å². The van der Waals surface area contributed by atoms with Gasteiger partial charge in [0.25, 0.3) is 5.91 Å². The maximum Gasteiger partial charge on any atom is 0.255 e. The molecule has 134 valence electrons. The molecule has 0 aliphatic rings. The quantitative estimate of drug-likeness (QED) is 0.857. The molecule has 0 spiro atoms. The van der Waals surface area contributed by atoms with E-state index in [1.165, 1.54) is 13.1 Å². The van der Waals surface area contributed by atoms with Crippen LogP contribution in [0.3, 0.4) is 0 Å². The normalized spacial score (nSPS) is 11.2. The van der Waals surface area contributed by atoms with E-state index in [1.54, 1.807) is 42.5 Å². The van der Waals surface area contributed by atoms with Crippen molar-refractivity contribution in [2.45, 2.75) is 20.0 Å². The number of rotatable bonds is 6. The summed E-state index contributed by atoms with van der Waals surface area (Å²) in [7, 11) is -1.94. The molecule has 2 aromatic carbocycles. The molecular weight excluding hydrogens is 340 g/mol. The van der Waals surface area contributed by atoms with Gasteiger partial charge in [-0.2, -0.15) is 0 Å². The van der Waals surface area contributed by atoms with Gasteiger partial charge in [-0.05, 0) is 56.3 Å². The van der Waals surface area contributed by atoms with Gasteiger partial charge in [-0.1, -0.05) is 6.07 Å². The average molecular weight is 362 g/mol. The van der Waals surface area contributed by atoms with Crippen LogP contribution in [0.25, 0.3) is 0 Å². The highest BCUT2D eigenvalue weighted by Crippen LogP contribution is 2.20. The minimum Gasteiger partial charge on any atom is -0.491 e. The zero-order valence-electron chi connectivity index (χ0n) is 14.7. The first-order valence-corrected chi connectivity index (χ1v) is 9.63. The number of anilines is 2. The number of nitrogens with zero attached hydrogens (tertiary/aromatic N) is 1. The Balaban J connectivity index is 2.13. The number of carbonyl (C=O) groups excluding carboxylic acids is 1. The summed E-state index contributed by atoms with van der Waals surface area (Å²) in [6.07, 6.45) is 1.19. The lowest BCUT2D eigenvalue weighted by Crippen LogP contribution is -2.25. The molecule has 0 fully saturated rings. The van der Waals surface area contributed by atoms with Crippen LogP contribution in [-0.4, -0.2) is 33.7 Å². The van der Waals surface area contributed by atoms with Crippen LogP contribution in [0.5, 0.6) is 5.75 Å². The molecule has 6 nitrogen and oxygen atoms in total. The van der Waals surface area contributed by atoms with Gasteiger partial charge in [0.2, 0.25) is 10.0 Å². The van der Waals surface area contributed by atoms with Crippen molar-refractivity contribution in [2.24, 2.45) is 0 Å². The molecule has 2 aromatic rings. The van der Waals surface area contributed by atoms with Crippen molar-refractivity contribution in [2.75, 3.05) is 22.9 Å². The van der Waals surface area contributed by atoms with Crippen molar-refractivity contribution in [1.29, 1.82) is 0 Å². The zero-order valence-corrected chi connectivity index (χ0v) is 15.5. The Morgan fingerprint density at radius 1 is 1.12 bits per heavy atom. The predicted octanol–water partition coefficient (Wildman–Crippen LogP) is 3.12. The van der Waals surface area contributed by atoms with Crippen molar-refractivity contribution in [3.63, 3.8) is 0 Å². The standard InChI is InChI=1S/C18H22N2O4S/c1-13(2)24-17-10-8-15(9-11-17)19-18(21)14-6-5-7-16(12-14)20(3)25(4,22)23/h5-13H,1-4H3,(H,19,21). The lowest BCUT2D eigenvalue weighted by atomic mass is 10.2. The molecule has 0 bridgehead atoms. The van der Waals surface area contributed by atoms with Gasteiger partial charge in [0.1, 0.15) is 5.75 Å². The van der Waals surface area contributed by atoms with Crippen LogP contribution in [0.4, 0.5) is 11.4 Å². The summed E-state index contributed by atoms with van der Waals surface area (Å²) < 4.78 is 29.9. The van der Waals surface area contributed by atoms with E-state index in [0.717, 1.165) is 16.3 Å². The highest BCUT2D eigenvalue weighted by molar-refractivity contribution is 7.92. The van der Waals surface area contributed by atoms with E-state index in [-0.39, 0.29) is 12.0 Å². The van der Waals surface area contributed by atoms with Crippen LogP contribution in [0.1, 0.15) is 24.2 Å². The van der Waals surface area contributed by atoms with Gasteiger partial charge in [-0.3, -0.25) is 9.10 Å². The Bertz CT molecular complexity index is 846. The van der Waals surface area contributed by atoms with Crippen LogP contribution < -0.4 is 14.4 Å². The Labute approximate surface area is 148 Å². The number of hydrogen-bond acceptors (Lipinski definition) is 4. The van der Waals surface area contributed by atoms with Crippen molar-refractivity contribution in [3.8, 4) is 5.75 Å². The van der Waals surface area contributed by atoms with E-state index in [2.05, 4.69) is 5.32 Å². The van der Waals surface area contributed by atoms with Crippen molar-refractivity contribution in [3.05, 3.63) is 54.1 Å². The minimum absolute atomic E-state index is 0.0787. The maximum absolute atomic E-state index is 12.4. The molecule has 0 aromatic heterocycles. The molecule has 0 aliphatic heterocycles. The molecule has 0 saturated heterocycles. The molecule has 0 aliphatic carbocycles.